The van der Waals surface area contributed by atoms with E-state index in [1.54, 1.807) is 14.0 Å². The van der Waals surface area contributed by atoms with Crippen molar-refractivity contribution < 1.29 is 9.59 Å². The van der Waals surface area contributed by atoms with Crippen molar-refractivity contribution in [3.8, 4) is 0 Å². The van der Waals surface area contributed by atoms with Crippen LogP contribution in [-0.2, 0) is 4.79 Å². The minimum atomic E-state index is -0.489. The Kier molecular flexibility index (Phi) is 5.67. The predicted octanol–water partition coefficient (Wildman–Crippen LogP) is 0.172. The summed E-state index contributed by atoms with van der Waals surface area (Å²) in [7, 11) is 1.68. The zero-order chi connectivity index (χ0) is 11.1. The fourth-order valence-electron chi connectivity index (χ4n) is 0.832. The maximum Gasteiger partial charge on any atom is 0.317 e. The standard InChI is InChI=1S/C9H19N3O2/c1-5-10-8(13)7(3)11-9(14)12(4)6-2/h7H,5-6H2,1-4H3,(H,10,13)(H,11,14). The number of carbonyl (C=O) groups excluding carboxylic acids is 2. The summed E-state index contributed by atoms with van der Waals surface area (Å²) in [6.07, 6.45) is 0. The van der Waals surface area contributed by atoms with E-state index < -0.39 is 6.04 Å². The Bertz CT molecular complexity index is 206. The van der Waals surface area contributed by atoms with Crippen molar-refractivity contribution in [3.05, 3.63) is 0 Å². The molecule has 5 nitrogen and oxygen atoms in total. The number of likely N-dealkylation sites (N-methyl/N-ethyl adjacent to an activating group) is 1. The molecule has 2 N–H and O–H groups in total. The van der Waals surface area contributed by atoms with Gasteiger partial charge in [-0.1, -0.05) is 0 Å². The molecule has 0 heterocycles. The molecule has 82 valence electrons. The van der Waals surface area contributed by atoms with Crippen molar-refractivity contribution in [1.29, 1.82) is 0 Å². The summed E-state index contributed by atoms with van der Waals surface area (Å²) in [5.74, 6) is -0.162. The first kappa shape index (κ1) is 12.7. The minimum Gasteiger partial charge on any atom is -0.355 e. The normalized spacial score (nSPS) is 11.7. The summed E-state index contributed by atoms with van der Waals surface area (Å²) in [5.41, 5.74) is 0. The van der Waals surface area contributed by atoms with Crippen LogP contribution in [0.1, 0.15) is 20.8 Å². The summed E-state index contributed by atoms with van der Waals surface area (Å²) in [6, 6.07) is -0.720. The lowest BCUT2D eigenvalue weighted by Crippen LogP contribution is -2.48. The first-order valence-electron chi connectivity index (χ1n) is 4.82. The van der Waals surface area contributed by atoms with E-state index >= 15 is 0 Å². The Labute approximate surface area is 84.8 Å². The van der Waals surface area contributed by atoms with Gasteiger partial charge in [-0.25, -0.2) is 4.79 Å². The zero-order valence-electron chi connectivity index (χ0n) is 9.26. The second kappa shape index (κ2) is 6.23. The molecule has 0 aliphatic carbocycles. The van der Waals surface area contributed by atoms with Crippen molar-refractivity contribution in [2.24, 2.45) is 0 Å². The Morgan fingerprint density at radius 3 is 2.36 bits per heavy atom. The van der Waals surface area contributed by atoms with Crippen LogP contribution >= 0.6 is 0 Å². The third-order valence-corrected chi connectivity index (χ3v) is 1.91. The second-order valence-electron chi connectivity index (χ2n) is 3.08. The molecule has 14 heavy (non-hydrogen) atoms. The van der Waals surface area contributed by atoms with E-state index in [0.717, 1.165) is 0 Å². The molecule has 0 aromatic carbocycles. The second-order valence-corrected chi connectivity index (χ2v) is 3.08. The van der Waals surface area contributed by atoms with E-state index in [1.165, 1.54) is 4.90 Å². The van der Waals surface area contributed by atoms with Crippen molar-refractivity contribution in [1.82, 2.24) is 15.5 Å². The van der Waals surface area contributed by atoms with E-state index in [9.17, 15) is 9.59 Å². The Balaban J connectivity index is 3.99. The molecule has 0 fully saturated rings. The van der Waals surface area contributed by atoms with E-state index in [1.807, 2.05) is 13.8 Å². The molecular formula is C9H19N3O2. The molecular weight excluding hydrogens is 182 g/mol. The number of hydrogen-bond acceptors (Lipinski definition) is 2. The SMILES string of the molecule is CCNC(=O)C(C)NC(=O)N(C)CC. The molecule has 5 heteroatoms. The predicted molar refractivity (Wildman–Crippen MR) is 55.0 cm³/mol. The summed E-state index contributed by atoms with van der Waals surface area (Å²) >= 11 is 0. The van der Waals surface area contributed by atoms with Gasteiger partial charge in [-0.15, -0.1) is 0 Å². The van der Waals surface area contributed by atoms with Gasteiger partial charge in [0.1, 0.15) is 6.04 Å². The van der Waals surface area contributed by atoms with Crippen molar-refractivity contribution in [2.75, 3.05) is 20.1 Å². The third kappa shape index (κ3) is 4.11. The van der Waals surface area contributed by atoms with Crippen molar-refractivity contribution in [3.63, 3.8) is 0 Å². The fourth-order valence-corrected chi connectivity index (χ4v) is 0.832. The van der Waals surface area contributed by atoms with Crippen LogP contribution in [0.25, 0.3) is 0 Å². The van der Waals surface area contributed by atoms with Gasteiger partial charge in [0.25, 0.3) is 0 Å². The van der Waals surface area contributed by atoms with Gasteiger partial charge in [-0.2, -0.15) is 0 Å². The summed E-state index contributed by atoms with van der Waals surface area (Å²) < 4.78 is 0. The molecule has 0 radical (unpaired) electrons. The third-order valence-electron chi connectivity index (χ3n) is 1.91. The number of amides is 3. The highest BCUT2D eigenvalue weighted by atomic mass is 16.2. The van der Waals surface area contributed by atoms with Gasteiger partial charge in [0.15, 0.2) is 0 Å². The van der Waals surface area contributed by atoms with Crippen molar-refractivity contribution >= 4 is 11.9 Å². The largest absolute Gasteiger partial charge is 0.355 e. The van der Waals surface area contributed by atoms with Gasteiger partial charge >= 0.3 is 6.03 Å². The highest BCUT2D eigenvalue weighted by Crippen LogP contribution is 1.87. The molecule has 0 aromatic rings. The van der Waals surface area contributed by atoms with Gasteiger partial charge in [0.05, 0.1) is 0 Å². The first-order valence-corrected chi connectivity index (χ1v) is 4.82. The topological polar surface area (TPSA) is 61.4 Å². The van der Waals surface area contributed by atoms with Crippen LogP contribution in [0, 0.1) is 0 Å². The van der Waals surface area contributed by atoms with Crippen molar-refractivity contribution in [2.45, 2.75) is 26.8 Å². The lowest BCUT2D eigenvalue weighted by atomic mass is 10.3. The van der Waals surface area contributed by atoms with Crippen LogP contribution in [-0.4, -0.2) is 43.0 Å². The fraction of sp³-hybridized carbons (Fsp3) is 0.778. The van der Waals surface area contributed by atoms with Gasteiger partial charge < -0.3 is 15.5 Å². The molecule has 0 saturated carbocycles. The lowest BCUT2D eigenvalue weighted by Gasteiger charge is -2.19. The number of nitrogens with one attached hydrogen (secondary N) is 2. The van der Waals surface area contributed by atoms with Gasteiger partial charge in [0.2, 0.25) is 5.91 Å². The Hall–Kier alpha value is -1.26. The summed E-state index contributed by atoms with van der Waals surface area (Å²) in [5, 5.41) is 5.23. The monoisotopic (exact) mass is 201 g/mol. The molecule has 0 spiro atoms. The van der Waals surface area contributed by atoms with Gasteiger partial charge in [-0.3, -0.25) is 4.79 Å². The average molecular weight is 201 g/mol. The van der Waals surface area contributed by atoms with Crippen LogP contribution in [0.4, 0.5) is 4.79 Å². The maximum atomic E-state index is 11.3. The molecule has 1 atom stereocenters. The number of urea groups is 1. The van der Waals surface area contributed by atoms with Crippen LogP contribution in [0.2, 0.25) is 0 Å². The number of rotatable bonds is 4. The van der Waals surface area contributed by atoms with Crippen LogP contribution < -0.4 is 10.6 Å². The smallest absolute Gasteiger partial charge is 0.317 e. The molecule has 0 saturated heterocycles. The maximum absolute atomic E-state index is 11.3. The average Bonchev–Trinajstić information content (AvgIpc) is 2.16. The molecule has 0 bridgehead atoms. The molecule has 0 rings (SSSR count). The first-order chi connectivity index (χ1) is 6.52. The molecule has 0 aliphatic rings. The quantitative estimate of drug-likeness (QED) is 0.681. The van der Waals surface area contributed by atoms with E-state index in [2.05, 4.69) is 10.6 Å². The Morgan fingerprint density at radius 1 is 1.36 bits per heavy atom. The number of nitrogens with zero attached hydrogens (tertiary/aromatic N) is 1. The highest BCUT2D eigenvalue weighted by molar-refractivity contribution is 5.86. The van der Waals surface area contributed by atoms with Gasteiger partial charge in [-0.05, 0) is 20.8 Å². The summed E-state index contributed by atoms with van der Waals surface area (Å²) in [4.78, 5) is 24.1. The minimum absolute atomic E-state index is 0.162. The summed E-state index contributed by atoms with van der Waals surface area (Å²) in [6.45, 7) is 6.56. The molecule has 0 aromatic heterocycles. The van der Waals surface area contributed by atoms with E-state index in [-0.39, 0.29) is 11.9 Å². The zero-order valence-corrected chi connectivity index (χ0v) is 9.26. The lowest BCUT2D eigenvalue weighted by molar-refractivity contribution is -0.122. The van der Waals surface area contributed by atoms with Crippen LogP contribution in [0.3, 0.4) is 0 Å². The highest BCUT2D eigenvalue weighted by Gasteiger charge is 2.15. The van der Waals surface area contributed by atoms with E-state index in [0.29, 0.717) is 13.1 Å². The van der Waals surface area contributed by atoms with Crippen LogP contribution in [0.5, 0.6) is 0 Å². The molecule has 1 unspecified atom stereocenters. The molecule has 0 aliphatic heterocycles. The Morgan fingerprint density at radius 2 is 1.93 bits per heavy atom. The van der Waals surface area contributed by atoms with Crippen LogP contribution in [0.15, 0.2) is 0 Å². The number of carbonyl (C=O) groups is 2. The van der Waals surface area contributed by atoms with Gasteiger partial charge in [0, 0.05) is 20.1 Å². The van der Waals surface area contributed by atoms with E-state index in [4.69, 9.17) is 0 Å². The number of hydrogen-bond donors (Lipinski definition) is 2. The molecule has 3 amide bonds.